The van der Waals surface area contributed by atoms with Crippen molar-refractivity contribution in [3.05, 3.63) is 17.8 Å². The van der Waals surface area contributed by atoms with Crippen molar-refractivity contribution in [2.75, 3.05) is 12.0 Å². The maximum Gasteiger partial charge on any atom is 0.272 e. The molecule has 5 N–H and O–H groups in total. The molecule has 18 heavy (non-hydrogen) atoms. The predicted molar refractivity (Wildman–Crippen MR) is 63.3 cm³/mol. The Morgan fingerprint density at radius 3 is 2.67 bits per heavy atom. The number of rotatable bonds is 5. The number of carbonyl (C=O) groups excluding carboxylic acids is 2. The van der Waals surface area contributed by atoms with Crippen LogP contribution < -0.4 is 21.9 Å². The zero-order valence-electron chi connectivity index (χ0n) is 9.64. The molecule has 2 amide bonds. The van der Waals surface area contributed by atoms with Gasteiger partial charge in [-0.3, -0.25) is 9.59 Å². The van der Waals surface area contributed by atoms with E-state index < -0.39 is 5.91 Å². The highest BCUT2D eigenvalue weighted by atomic mass is 16.2. The molecule has 0 bridgehead atoms. The van der Waals surface area contributed by atoms with Gasteiger partial charge in [-0.1, -0.05) is 0 Å². The molecular weight excluding hydrogens is 236 g/mol. The number of amides is 2. The second kappa shape index (κ2) is 5.41. The van der Waals surface area contributed by atoms with Gasteiger partial charge in [-0.15, -0.1) is 10.2 Å². The summed E-state index contributed by atoms with van der Waals surface area (Å²) in [5, 5.41) is 12.5. The van der Waals surface area contributed by atoms with E-state index in [2.05, 4.69) is 26.3 Å². The Bertz CT molecular complexity index is 442. The van der Waals surface area contributed by atoms with E-state index in [0.717, 1.165) is 12.8 Å². The monoisotopic (exact) mass is 250 g/mol. The summed E-state index contributed by atoms with van der Waals surface area (Å²) >= 11 is 0. The van der Waals surface area contributed by atoms with Gasteiger partial charge in [0.15, 0.2) is 11.5 Å². The number of anilines is 1. The van der Waals surface area contributed by atoms with Gasteiger partial charge in [-0.05, 0) is 25.0 Å². The van der Waals surface area contributed by atoms with Crippen molar-refractivity contribution < 1.29 is 9.59 Å². The third-order valence-electron chi connectivity index (χ3n) is 2.40. The van der Waals surface area contributed by atoms with Crippen LogP contribution in [-0.4, -0.2) is 34.6 Å². The number of hydrogen-bond donors (Lipinski definition) is 4. The van der Waals surface area contributed by atoms with Crippen LogP contribution in [0.3, 0.4) is 0 Å². The molecule has 1 aliphatic rings. The number of hydrazine groups is 1. The average molecular weight is 250 g/mol. The van der Waals surface area contributed by atoms with Gasteiger partial charge in [-0.25, -0.2) is 5.84 Å². The Morgan fingerprint density at radius 2 is 2.11 bits per heavy atom. The highest BCUT2D eigenvalue weighted by Crippen LogP contribution is 2.18. The molecule has 8 nitrogen and oxygen atoms in total. The Hall–Kier alpha value is -2.22. The van der Waals surface area contributed by atoms with Gasteiger partial charge in [0, 0.05) is 6.04 Å². The molecule has 0 atom stereocenters. The molecule has 1 aromatic heterocycles. The summed E-state index contributed by atoms with van der Waals surface area (Å²) in [6, 6.07) is 3.27. The van der Waals surface area contributed by atoms with Gasteiger partial charge in [0.05, 0.1) is 6.54 Å². The zero-order valence-corrected chi connectivity index (χ0v) is 9.64. The van der Waals surface area contributed by atoms with Crippen molar-refractivity contribution in [3.63, 3.8) is 0 Å². The summed E-state index contributed by atoms with van der Waals surface area (Å²) in [7, 11) is 0. The minimum Gasteiger partial charge on any atom is -0.352 e. The fourth-order valence-electron chi connectivity index (χ4n) is 1.29. The molecule has 1 heterocycles. The molecule has 0 aromatic carbocycles. The van der Waals surface area contributed by atoms with Crippen molar-refractivity contribution in [1.29, 1.82) is 0 Å². The first kappa shape index (κ1) is 12.2. The van der Waals surface area contributed by atoms with E-state index in [1.54, 1.807) is 0 Å². The lowest BCUT2D eigenvalue weighted by Gasteiger charge is -2.05. The molecule has 0 unspecified atom stereocenters. The van der Waals surface area contributed by atoms with E-state index in [0.29, 0.717) is 5.82 Å². The van der Waals surface area contributed by atoms with Gasteiger partial charge in [0.2, 0.25) is 5.91 Å². The number of aromatic nitrogens is 2. The summed E-state index contributed by atoms with van der Waals surface area (Å²) in [5.74, 6) is 4.84. The van der Waals surface area contributed by atoms with Crippen LogP contribution in [0.4, 0.5) is 5.82 Å². The minimum atomic E-state index is -0.447. The lowest BCUT2D eigenvalue weighted by atomic mass is 10.3. The average Bonchev–Trinajstić information content (AvgIpc) is 3.20. The molecule has 1 aromatic rings. The van der Waals surface area contributed by atoms with Crippen LogP contribution in [0, 0.1) is 0 Å². The van der Waals surface area contributed by atoms with Crippen LogP contribution >= 0.6 is 0 Å². The molecule has 96 valence electrons. The first-order chi connectivity index (χ1) is 8.69. The van der Waals surface area contributed by atoms with Crippen molar-refractivity contribution in [2.45, 2.75) is 18.9 Å². The highest BCUT2D eigenvalue weighted by Gasteiger charge is 2.23. The third kappa shape index (κ3) is 3.39. The zero-order chi connectivity index (χ0) is 13.0. The largest absolute Gasteiger partial charge is 0.352 e. The van der Waals surface area contributed by atoms with Crippen LogP contribution in [0.25, 0.3) is 0 Å². The first-order valence-corrected chi connectivity index (χ1v) is 5.57. The number of nitrogens with two attached hydrogens (primary N) is 1. The van der Waals surface area contributed by atoms with Gasteiger partial charge in [-0.2, -0.15) is 0 Å². The molecule has 0 saturated heterocycles. The van der Waals surface area contributed by atoms with E-state index in [1.807, 2.05) is 0 Å². The van der Waals surface area contributed by atoms with Gasteiger partial charge in [0.1, 0.15) is 0 Å². The topological polar surface area (TPSA) is 122 Å². The standard InChI is InChI=1S/C10H14N6O2/c11-14-8-4-3-7(15-16-8)10(18)12-5-9(17)13-6-1-2-6/h3-4,6H,1-2,5,11H2,(H,12,18)(H,13,17)(H,14,16). The fourth-order valence-corrected chi connectivity index (χ4v) is 1.29. The molecule has 0 aliphatic heterocycles. The van der Waals surface area contributed by atoms with Crippen LogP contribution in [-0.2, 0) is 4.79 Å². The second-order valence-electron chi connectivity index (χ2n) is 3.97. The molecule has 2 rings (SSSR count). The highest BCUT2D eigenvalue weighted by molar-refractivity contribution is 5.94. The number of nitrogens with zero attached hydrogens (tertiary/aromatic N) is 2. The number of hydrogen-bond acceptors (Lipinski definition) is 6. The fraction of sp³-hybridized carbons (Fsp3) is 0.400. The van der Waals surface area contributed by atoms with Crippen molar-refractivity contribution in [3.8, 4) is 0 Å². The van der Waals surface area contributed by atoms with E-state index in [9.17, 15) is 9.59 Å². The van der Waals surface area contributed by atoms with Crippen LogP contribution in [0.15, 0.2) is 12.1 Å². The Labute approximate surface area is 103 Å². The molecule has 1 aliphatic carbocycles. The summed E-state index contributed by atoms with van der Waals surface area (Å²) in [6.45, 7) is -0.0616. The van der Waals surface area contributed by atoms with Crippen molar-refractivity contribution in [2.24, 2.45) is 5.84 Å². The van der Waals surface area contributed by atoms with E-state index in [-0.39, 0.29) is 24.2 Å². The van der Waals surface area contributed by atoms with Gasteiger partial charge < -0.3 is 16.1 Å². The van der Waals surface area contributed by atoms with Crippen LogP contribution in [0.2, 0.25) is 0 Å². The van der Waals surface area contributed by atoms with E-state index in [4.69, 9.17) is 5.84 Å². The SMILES string of the molecule is NNc1ccc(C(=O)NCC(=O)NC2CC2)nn1. The quantitative estimate of drug-likeness (QED) is 0.383. The molecule has 1 fully saturated rings. The van der Waals surface area contributed by atoms with Gasteiger partial charge in [0.25, 0.3) is 5.91 Å². The minimum absolute atomic E-state index is 0.0616. The molecule has 0 spiro atoms. The smallest absolute Gasteiger partial charge is 0.272 e. The van der Waals surface area contributed by atoms with Crippen LogP contribution in [0.1, 0.15) is 23.3 Å². The predicted octanol–water partition coefficient (Wildman–Crippen LogP) is -1.23. The summed E-state index contributed by atoms with van der Waals surface area (Å²) in [4.78, 5) is 22.9. The van der Waals surface area contributed by atoms with Crippen LogP contribution in [0.5, 0.6) is 0 Å². The molecular formula is C10H14N6O2. The van der Waals surface area contributed by atoms with E-state index >= 15 is 0 Å². The first-order valence-electron chi connectivity index (χ1n) is 5.57. The van der Waals surface area contributed by atoms with Crippen molar-refractivity contribution in [1.82, 2.24) is 20.8 Å². The normalized spacial score (nSPS) is 13.8. The maximum atomic E-state index is 11.6. The molecule has 1 saturated carbocycles. The lowest BCUT2D eigenvalue weighted by Crippen LogP contribution is -2.38. The third-order valence-corrected chi connectivity index (χ3v) is 2.40. The summed E-state index contributed by atoms with van der Waals surface area (Å²) in [5.41, 5.74) is 2.44. The molecule has 8 heteroatoms. The van der Waals surface area contributed by atoms with Crippen molar-refractivity contribution >= 4 is 17.6 Å². The number of nitrogen functional groups attached to an aromatic ring is 1. The summed E-state index contributed by atoms with van der Waals surface area (Å²) < 4.78 is 0. The van der Waals surface area contributed by atoms with E-state index in [1.165, 1.54) is 12.1 Å². The number of carbonyl (C=O) groups is 2. The molecule has 0 radical (unpaired) electrons. The lowest BCUT2D eigenvalue weighted by molar-refractivity contribution is -0.120. The Kier molecular flexibility index (Phi) is 3.68. The second-order valence-corrected chi connectivity index (χ2v) is 3.97. The van der Waals surface area contributed by atoms with Gasteiger partial charge >= 0.3 is 0 Å². The number of nitrogens with one attached hydrogen (secondary N) is 3. The maximum absolute atomic E-state index is 11.6. The Morgan fingerprint density at radius 1 is 1.33 bits per heavy atom. The summed E-state index contributed by atoms with van der Waals surface area (Å²) in [6.07, 6.45) is 2.03. The Balaban J connectivity index is 1.80.